The van der Waals surface area contributed by atoms with Crippen LogP contribution in [0.3, 0.4) is 0 Å². The topological polar surface area (TPSA) is 85.8 Å². The molecule has 1 aliphatic heterocycles. The number of amides is 1. The van der Waals surface area contributed by atoms with Crippen LogP contribution in [0.15, 0.2) is 23.5 Å². The van der Waals surface area contributed by atoms with Gasteiger partial charge in [0.05, 0.1) is 6.54 Å². The number of anilines is 1. The first-order valence-corrected chi connectivity index (χ1v) is 10.1. The van der Waals surface area contributed by atoms with Crippen molar-refractivity contribution in [2.24, 2.45) is 4.99 Å². The van der Waals surface area contributed by atoms with Crippen molar-refractivity contribution in [3.63, 3.8) is 0 Å². The van der Waals surface area contributed by atoms with Gasteiger partial charge in [0.25, 0.3) is 0 Å². The predicted octanol–water partition coefficient (Wildman–Crippen LogP) is 1.63. The van der Waals surface area contributed by atoms with Crippen LogP contribution in [0.25, 0.3) is 0 Å². The summed E-state index contributed by atoms with van der Waals surface area (Å²) < 4.78 is 0. The minimum Gasteiger partial charge on any atom is -0.357 e. The van der Waals surface area contributed by atoms with Crippen LogP contribution in [0.2, 0.25) is 0 Å². The molecule has 0 bridgehead atoms. The van der Waals surface area contributed by atoms with Gasteiger partial charge in [-0.25, -0.2) is 9.97 Å². The van der Waals surface area contributed by atoms with Gasteiger partial charge in [-0.3, -0.25) is 9.79 Å². The van der Waals surface area contributed by atoms with E-state index < -0.39 is 0 Å². The number of hydrogen-bond acceptors (Lipinski definition) is 5. The van der Waals surface area contributed by atoms with E-state index in [9.17, 15) is 4.79 Å². The first-order chi connectivity index (χ1) is 13.3. The molecule has 0 spiro atoms. The highest BCUT2D eigenvalue weighted by atomic mass is 127. The molecular formula is C19H32IN7O. The fourth-order valence-electron chi connectivity index (χ4n) is 3.63. The zero-order chi connectivity index (χ0) is 18.9. The number of aliphatic imine (C=N–C) groups is 1. The molecule has 28 heavy (non-hydrogen) atoms. The monoisotopic (exact) mass is 501 g/mol. The van der Waals surface area contributed by atoms with Crippen LogP contribution in [0.4, 0.5) is 5.95 Å². The van der Waals surface area contributed by atoms with Crippen LogP contribution >= 0.6 is 24.0 Å². The Kier molecular flexibility index (Phi) is 9.72. The van der Waals surface area contributed by atoms with Gasteiger partial charge >= 0.3 is 0 Å². The lowest BCUT2D eigenvalue weighted by Gasteiger charge is -2.36. The lowest BCUT2D eigenvalue weighted by Crippen LogP contribution is -2.53. The number of rotatable bonds is 6. The molecule has 2 heterocycles. The highest BCUT2D eigenvalue weighted by molar-refractivity contribution is 14.0. The number of hydrogen-bond donors (Lipinski definition) is 2. The molecule has 9 heteroatoms. The third kappa shape index (κ3) is 6.75. The molecule has 1 aliphatic carbocycles. The van der Waals surface area contributed by atoms with E-state index >= 15 is 0 Å². The van der Waals surface area contributed by atoms with Crippen LogP contribution in [0.1, 0.15) is 39.0 Å². The van der Waals surface area contributed by atoms with Crippen molar-refractivity contribution in [1.82, 2.24) is 25.5 Å². The van der Waals surface area contributed by atoms with Crippen molar-refractivity contribution in [2.45, 2.75) is 45.1 Å². The van der Waals surface area contributed by atoms with Gasteiger partial charge < -0.3 is 20.4 Å². The maximum atomic E-state index is 12.1. The van der Waals surface area contributed by atoms with E-state index in [-0.39, 0.29) is 29.9 Å². The molecule has 1 saturated heterocycles. The van der Waals surface area contributed by atoms with Crippen molar-refractivity contribution in [1.29, 1.82) is 0 Å². The van der Waals surface area contributed by atoms with Gasteiger partial charge in [0, 0.05) is 57.6 Å². The Morgan fingerprint density at radius 1 is 1.18 bits per heavy atom. The van der Waals surface area contributed by atoms with E-state index in [0.29, 0.717) is 19.0 Å². The third-order valence-corrected chi connectivity index (χ3v) is 5.07. The number of carbonyl (C=O) groups is 1. The number of aromatic nitrogens is 2. The Hall–Kier alpha value is -1.65. The molecule has 1 aromatic heterocycles. The van der Waals surface area contributed by atoms with Gasteiger partial charge in [0.2, 0.25) is 11.9 Å². The largest absolute Gasteiger partial charge is 0.357 e. The summed E-state index contributed by atoms with van der Waals surface area (Å²) in [6, 6.07) is 2.21. The van der Waals surface area contributed by atoms with Crippen molar-refractivity contribution in [3.8, 4) is 0 Å². The summed E-state index contributed by atoms with van der Waals surface area (Å²) in [6.07, 6.45) is 8.69. The first kappa shape index (κ1) is 22.6. The maximum absolute atomic E-state index is 12.1. The third-order valence-electron chi connectivity index (χ3n) is 5.07. The fourth-order valence-corrected chi connectivity index (χ4v) is 3.63. The minimum atomic E-state index is 0. The zero-order valence-corrected chi connectivity index (χ0v) is 19.0. The molecule has 1 amide bonds. The maximum Gasteiger partial charge on any atom is 0.225 e. The molecular weight excluding hydrogens is 469 g/mol. The SMILES string of the molecule is CCNC(=NCCC(=O)NC1CCCC1)N1CCN(c2ncccn2)CC1.I. The van der Waals surface area contributed by atoms with Gasteiger partial charge in [-0.1, -0.05) is 12.8 Å². The normalized spacial score (nSPS) is 18.0. The number of nitrogens with one attached hydrogen (secondary N) is 2. The zero-order valence-electron chi connectivity index (χ0n) is 16.6. The fraction of sp³-hybridized carbons (Fsp3) is 0.684. The van der Waals surface area contributed by atoms with Crippen molar-refractivity contribution in [3.05, 3.63) is 18.5 Å². The second-order valence-corrected chi connectivity index (χ2v) is 7.06. The molecule has 1 aromatic rings. The number of halogens is 1. The first-order valence-electron chi connectivity index (χ1n) is 10.1. The molecule has 0 radical (unpaired) electrons. The van der Waals surface area contributed by atoms with Gasteiger partial charge in [-0.2, -0.15) is 0 Å². The molecule has 156 valence electrons. The number of carbonyl (C=O) groups excluding carboxylic acids is 1. The van der Waals surface area contributed by atoms with Crippen molar-refractivity contribution in [2.75, 3.05) is 44.2 Å². The average molecular weight is 501 g/mol. The lowest BCUT2D eigenvalue weighted by molar-refractivity contribution is -0.121. The summed E-state index contributed by atoms with van der Waals surface area (Å²) in [7, 11) is 0. The number of guanidine groups is 1. The number of piperazine rings is 1. The summed E-state index contributed by atoms with van der Waals surface area (Å²) in [5.41, 5.74) is 0. The standard InChI is InChI=1S/C19H31N7O.HI/c1-2-20-18(23-11-8-17(27)24-16-6-3-4-7-16)25-12-14-26(15-13-25)19-21-9-5-10-22-19;/h5,9-10,16H,2-4,6-8,11-15H2,1H3,(H,20,23)(H,24,27);1H. The molecule has 0 atom stereocenters. The van der Waals surface area contributed by atoms with E-state index in [0.717, 1.165) is 57.5 Å². The molecule has 8 nitrogen and oxygen atoms in total. The van der Waals surface area contributed by atoms with Crippen molar-refractivity contribution >= 4 is 41.8 Å². The van der Waals surface area contributed by atoms with E-state index in [1.807, 2.05) is 6.07 Å². The van der Waals surface area contributed by atoms with Gasteiger partial charge in [-0.15, -0.1) is 24.0 Å². The molecule has 0 unspecified atom stereocenters. The summed E-state index contributed by atoms with van der Waals surface area (Å²) in [4.78, 5) is 29.8. The molecule has 1 saturated carbocycles. The Morgan fingerprint density at radius 3 is 2.50 bits per heavy atom. The van der Waals surface area contributed by atoms with Crippen LogP contribution in [-0.4, -0.2) is 72.0 Å². The Morgan fingerprint density at radius 2 is 1.86 bits per heavy atom. The summed E-state index contributed by atoms with van der Waals surface area (Å²) in [6.45, 7) is 6.83. The van der Waals surface area contributed by atoms with E-state index in [1.54, 1.807) is 12.4 Å². The predicted molar refractivity (Wildman–Crippen MR) is 122 cm³/mol. The van der Waals surface area contributed by atoms with Gasteiger partial charge in [-0.05, 0) is 25.8 Å². The molecule has 3 rings (SSSR count). The smallest absolute Gasteiger partial charge is 0.225 e. The Labute approximate surface area is 184 Å². The highest BCUT2D eigenvalue weighted by Crippen LogP contribution is 2.17. The molecule has 2 aliphatic rings. The summed E-state index contributed by atoms with van der Waals surface area (Å²) >= 11 is 0. The van der Waals surface area contributed by atoms with Crippen molar-refractivity contribution < 1.29 is 4.79 Å². The quantitative estimate of drug-likeness (QED) is 0.350. The van der Waals surface area contributed by atoms with E-state index in [2.05, 4.69) is 42.3 Å². The number of nitrogens with zero attached hydrogens (tertiary/aromatic N) is 5. The van der Waals surface area contributed by atoms with Crippen LogP contribution < -0.4 is 15.5 Å². The highest BCUT2D eigenvalue weighted by Gasteiger charge is 2.21. The summed E-state index contributed by atoms with van der Waals surface area (Å²) in [5.74, 6) is 1.79. The van der Waals surface area contributed by atoms with Gasteiger partial charge in [0.15, 0.2) is 5.96 Å². The van der Waals surface area contributed by atoms with Crippen LogP contribution in [-0.2, 0) is 4.79 Å². The molecule has 2 fully saturated rings. The average Bonchev–Trinajstić information content (AvgIpc) is 3.21. The minimum absolute atomic E-state index is 0. The Bertz CT molecular complexity index is 614. The van der Waals surface area contributed by atoms with E-state index in [4.69, 9.17) is 0 Å². The van der Waals surface area contributed by atoms with Crippen LogP contribution in [0.5, 0.6) is 0 Å². The summed E-state index contributed by atoms with van der Waals surface area (Å²) in [5, 5.41) is 6.47. The second-order valence-electron chi connectivity index (χ2n) is 7.06. The second kappa shape index (κ2) is 12.0. The molecule has 2 N–H and O–H groups in total. The van der Waals surface area contributed by atoms with Crippen LogP contribution in [0, 0.1) is 0 Å². The Balaban J connectivity index is 0.00000280. The lowest BCUT2D eigenvalue weighted by atomic mass is 10.2. The van der Waals surface area contributed by atoms with E-state index in [1.165, 1.54) is 12.8 Å². The molecule has 0 aromatic carbocycles. The van der Waals surface area contributed by atoms with Gasteiger partial charge in [0.1, 0.15) is 0 Å².